The molecule has 0 amide bonds. The van der Waals surface area contributed by atoms with Crippen molar-refractivity contribution in [3.63, 3.8) is 0 Å². The molecule has 0 atom stereocenters. The number of hydrogen-bond donors (Lipinski definition) is 2. The van der Waals surface area contributed by atoms with Crippen LogP contribution in [0.4, 0.5) is 56.9 Å². The Balaban J connectivity index is 1.10. The molecule has 0 bridgehead atoms. The third kappa shape index (κ3) is 7.03. The molecule has 228 valence electrons. The second-order valence-corrected chi connectivity index (χ2v) is 11.4. The first-order chi connectivity index (χ1) is 23.2. The molecule has 7 rings (SSSR count). The van der Waals surface area contributed by atoms with Gasteiger partial charge in [0.2, 0.25) is 0 Å². The fourth-order valence-electron chi connectivity index (χ4n) is 5.68. The quantitative estimate of drug-likeness (QED) is 0.162. The first-order valence-electron chi connectivity index (χ1n) is 15.9. The molecule has 7 aromatic rings. The smallest absolute Gasteiger partial charge is 0.0463 e. The average molecular weight is 609 g/mol. The molecule has 2 N–H and O–H groups in total. The van der Waals surface area contributed by atoms with Crippen molar-refractivity contribution in [2.24, 2.45) is 0 Å². The number of benzene rings is 7. The molecule has 4 heteroatoms. The topological polar surface area (TPSA) is 30.5 Å². The lowest BCUT2D eigenvalue weighted by atomic mass is 10.1. The van der Waals surface area contributed by atoms with E-state index < -0.39 is 0 Å². The lowest BCUT2D eigenvalue weighted by Gasteiger charge is -2.26. The van der Waals surface area contributed by atoms with Crippen LogP contribution in [0.5, 0.6) is 0 Å². The summed E-state index contributed by atoms with van der Waals surface area (Å²) >= 11 is 0. The summed E-state index contributed by atoms with van der Waals surface area (Å²) in [4.78, 5) is 4.54. The van der Waals surface area contributed by atoms with Gasteiger partial charge in [0.05, 0.1) is 0 Å². The van der Waals surface area contributed by atoms with E-state index in [4.69, 9.17) is 0 Å². The zero-order chi connectivity index (χ0) is 31.8. The van der Waals surface area contributed by atoms with Crippen molar-refractivity contribution in [1.29, 1.82) is 0 Å². The fraction of sp³-hybridized carbons (Fsp3) is 0.0233. The highest BCUT2D eigenvalue weighted by molar-refractivity contribution is 5.80. The van der Waals surface area contributed by atoms with Gasteiger partial charge in [-0.3, -0.25) is 0 Å². The average Bonchev–Trinajstić information content (AvgIpc) is 3.13. The van der Waals surface area contributed by atoms with Crippen molar-refractivity contribution in [2.45, 2.75) is 6.92 Å². The monoisotopic (exact) mass is 608 g/mol. The predicted octanol–water partition coefficient (Wildman–Crippen LogP) is 12.4. The molecule has 0 spiro atoms. The normalized spacial score (nSPS) is 10.7. The second kappa shape index (κ2) is 13.8. The Morgan fingerprint density at radius 1 is 0.277 bits per heavy atom. The number of rotatable bonds is 10. The highest BCUT2D eigenvalue weighted by Crippen LogP contribution is 2.37. The molecule has 0 saturated carbocycles. The van der Waals surface area contributed by atoms with Crippen LogP contribution in [0.15, 0.2) is 188 Å². The van der Waals surface area contributed by atoms with Gasteiger partial charge in [0, 0.05) is 56.9 Å². The number of hydrogen-bond acceptors (Lipinski definition) is 4. The molecule has 47 heavy (non-hydrogen) atoms. The van der Waals surface area contributed by atoms with E-state index in [1.807, 2.05) is 18.2 Å². The van der Waals surface area contributed by atoms with Crippen molar-refractivity contribution < 1.29 is 0 Å². The second-order valence-electron chi connectivity index (χ2n) is 11.4. The predicted molar refractivity (Wildman–Crippen MR) is 200 cm³/mol. The van der Waals surface area contributed by atoms with Crippen molar-refractivity contribution in [3.8, 4) is 0 Å². The van der Waals surface area contributed by atoms with E-state index in [2.05, 4.69) is 197 Å². The van der Waals surface area contributed by atoms with Gasteiger partial charge in [-0.2, -0.15) is 0 Å². The zero-order valence-electron chi connectivity index (χ0n) is 26.3. The van der Waals surface area contributed by atoms with Gasteiger partial charge in [-0.1, -0.05) is 72.3 Å². The largest absolute Gasteiger partial charge is 0.356 e. The first-order valence-corrected chi connectivity index (χ1v) is 15.9. The Labute approximate surface area is 277 Å². The molecule has 0 radical (unpaired) electrons. The fourth-order valence-corrected chi connectivity index (χ4v) is 5.68. The van der Waals surface area contributed by atoms with Crippen LogP contribution < -0.4 is 20.4 Å². The zero-order valence-corrected chi connectivity index (χ0v) is 26.3. The van der Waals surface area contributed by atoms with E-state index in [1.54, 1.807) is 0 Å². The van der Waals surface area contributed by atoms with E-state index in [9.17, 15) is 0 Å². The summed E-state index contributed by atoms with van der Waals surface area (Å²) < 4.78 is 0. The third-order valence-corrected chi connectivity index (χ3v) is 8.05. The molecule has 0 aliphatic carbocycles. The minimum atomic E-state index is 1.02. The molecular weight excluding hydrogens is 573 g/mol. The Bertz CT molecular complexity index is 1950. The van der Waals surface area contributed by atoms with E-state index in [0.29, 0.717) is 0 Å². The van der Waals surface area contributed by atoms with Crippen LogP contribution >= 0.6 is 0 Å². The summed E-state index contributed by atoms with van der Waals surface area (Å²) in [5.41, 5.74) is 12.0. The van der Waals surface area contributed by atoms with Crippen LogP contribution in [0.25, 0.3) is 0 Å². The Hall–Kier alpha value is -6.26. The molecule has 4 nitrogen and oxygen atoms in total. The van der Waals surface area contributed by atoms with Crippen LogP contribution in [0, 0.1) is 6.92 Å². The first kappa shape index (κ1) is 29.5. The molecule has 0 aliphatic heterocycles. The molecule has 0 heterocycles. The van der Waals surface area contributed by atoms with Crippen LogP contribution in [0.3, 0.4) is 0 Å². The van der Waals surface area contributed by atoms with Gasteiger partial charge in [-0.25, -0.2) is 0 Å². The molecule has 0 aromatic heterocycles. The van der Waals surface area contributed by atoms with Gasteiger partial charge in [-0.05, 0) is 128 Å². The van der Waals surface area contributed by atoms with Gasteiger partial charge in [-0.15, -0.1) is 0 Å². The molecular formula is C43H36N4. The van der Waals surface area contributed by atoms with Gasteiger partial charge in [0.1, 0.15) is 0 Å². The summed E-state index contributed by atoms with van der Waals surface area (Å²) in [6.45, 7) is 2.10. The minimum Gasteiger partial charge on any atom is -0.356 e. The Morgan fingerprint density at radius 2 is 0.511 bits per heavy atom. The van der Waals surface area contributed by atoms with E-state index in [0.717, 1.165) is 56.9 Å². The van der Waals surface area contributed by atoms with Gasteiger partial charge in [0.25, 0.3) is 0 Å². The van der Waals surface area contributed by atoms with Gasteiger partial charge < -0.3 is 20.4 Å². The number of nitrogens with zero attached hydrogens (tertiary/aromatic N) is 2. The molecule has 0 aliphatic rings. The number of nitrogens with one attached hydrogen (secondary N) is 2. The van der Waals surface area contributed by atoms with Crippen molar-refractivity contribution in [1.82, 2.24) is 0 Å². The van der Waals surface area contributed by atoms with Crippen molar-refractivity contribution in [3.05, 3.63) is 194 Å². The summed E-state index contributed by atoms with van der Waals surface area (Å²) in [6.07, 6.45) is 0. The lowest BCUT2D eigenvalue weighted by Crippen LogP contribution is -2.10. The summed E-state index contributed by atoms with van der Waals surface area (Å²) in [5, 5.41) is 7.09. The van der Waals surface area contributed by atoms with E-state index in [-0.39, 0.29) is 0 Å². The molecule has 0 fully saturated rings. The van der Waals surface area contributed by atoms with Crippen molar-refractivity contribution >= 4 is 56.9 Å². The highest BCUT2D eigenvalue weighted by Gasteiger charge is 2.14. The maximum absolute atomic E-state index is 3.58. The Morgan fingerprint density at radius 3 is 0.787 bits per heavy atom. The van der Waals surface area contributed by atoms with Crippen LogP contribution in [0.1, 0.15) is 5.56 Å². The third-order valence-electron chi connectivity index (χ3n) is 8.05. The summed E-state index contributed by atoms with van der Waals surface area (Å²) in [5.74, 6) is 0. The van der Waals surface area contributed by atoms with Gasteiger partial charge >= 0.3 is 0 Å². The number of aryl methyl sites for hydroxylation is 1. The van der Waals surface area contributed by atoms with E-state index in [1.165, 1.54) is 5.56 Å². The summed E-state index contributed by atoms with van der Waals surface area (Å²) in [7, 11) is 0. The maximum atomic E-state index is 3.58. The highest BCUT2D eigenvalue weighted by atomic mass is 15.1. The maximum Gasteiger partial charge on any atom is 0.0463 e. The minimum absolute atomic E-state index is 1.02. The standard InChI is InChI=1S/C43H36N4/c1-33-17-19-34(20-18-33)44-35-23-29-42(30-24-35)47(40-15-9-4-10-16-40)43-31-25-37(26-32-43)45-36-21-27-41(28-22-36)46(38-11-5-2-6-12-38)39-13-7-3-8-14-39/h2-32,44-45H,1H3. The summed E-state index contributed by atoms with van der Waals surface area (Å²) in [6, 6.07) is 65.6. The van der Waals surface area contributed by atoms with E-state index >= 15 is 0 Å². The Kier molecular flexibility index (Phi) is 8.65. The SMILES string of the molecule is Cc1ccc(Nc2ccc(N(c3ccccc3)c3ccc(Nc4ccc(N(c5ccccc5)c5ccccc5)cc4)cc3)cc2)cc1. The lowest BCUT2D eigenvalue weighted by molar-refractivity contribution is 1.28. The van der Waals surface area contributed by atoms with Crippen LogP contribution in [-0.2, 0) is 0 Å². The number of anilines is 10. The van der Waals surface area contributed by atoms with Crippen LogP contribution in [0.2, 0.25) is 0 Å². The molecule has 7 aromatic carbocycles. The van der Waals surface area contributed by atoms with Gasteiger partial charge in [0.15, 0.2) is 0 Å². The molecule has 0 saturated heterocycles. The number of para-hydroxylation sites is 3. The molecule has 0 unspecified atom stereocenters. The van der Waals surface area contributed by atoms with Crippen molar-refractivity contribution in [2.75, 3.05) is 20.4 Å². The van der Waals surface area contributed by atoms with Crippen LogP contribution in [-0.4, -0.2) is 0 Å².